The Labute approximate surface area is 135 Å². The average Bonchev–Trinajstić information content (AvgIpc) is 3.28. The van der Waals surface area contributed by atoms with E-state index in [-0.39, 0.29) is 6.54 Å². The number of aryl methyl sites for hydroxylation is 2. The van der Waals surface area contributed by atoms with Gasteiger partial charge in [0, 0.05) is 17.7 Å². The monoisotopic (exact) mass is 312 g/mol. The van der Waals surface area contributed by atoms with Gasteiger partial charge in [-0.15, -0.1) is 0 Å². The van der Waals surface area contributed by atoms with Gasteiger partial charge in [-0.3, -0.25) is 4.79 Å². The van der Waals surface area contributed by atoms with Crippen molar-refractivity contribution in [3.05, 3.63) is 41.1 Å². The van der Waals surface area contributed by atoms with Crippen LogP contribution in [0.5, 0.6) is 0 Å². The van der Waals surface area contributed by atoms with Crippen LogP contribution in [0, 0.1) is 13.8 Å². The first-order valence-electron chi connectivity index (χ1n) is 7.69. The molecule has 23 heavy (non-hydrogen) atoms. The summed E-state index contributed by atoms with van der Waals surface area (Å²) in [5.41, 5.74) is 4.27. The Balaban J connectivity index is 1.86. The lowest BCUT2D eigenvalue weighted by Crippen LogP contribution is -2.15. The third-order valence-electron chi connectivity index (χ3n) is 3.63. The van der Waals surface area contributed by atoms with Crippen molar-refractivity contribution in [2.24, 2.45) is 0 Å². The Morgan fingerprint density at radius 1 is 1.17 bits per heavy atom. The molecule has 120 valence electrons. The fraction of sp³-hybridized carbons (Fsp3) is 0.353. The van der Waals surface area contributed by atoms with Gasteiger partial charge in [0.25, 0.3) is 0 Å². The molecule has 0 spiro atoms. The van der Waals surface area contributed by atoms with Crippen LogP contribution in [-0.4, -0.2) is 27.6 Å². The van der Waals surface area contributed by atoms with Crippen LogP contribution in [0.4, 0.5) is 17.5 Å². The number of benzene rings is 1. The highest BCUT2D eigenvalue weighted by atomic mass is 16.4. The Morgan fingerprint density at radius 2 is 1.87 bits per heavy atom. The van der Waals surface area contributed by atoms with Crippen LogP contribution < -0.4 is 10.6 Å². The summed E-state index contributed by atoms with van der Waals surface area (Å²) in [6.07, 6.45) is 2.25. The minimum atomic E-state index is -0.936. The van der Waals surface area contributed by atoms with Crippen LogP contribution in [0.2, 0.25) is 0 Å². The summed E-state index contributed by atoms with van der Waals surface area (Å²) in [5.74, 6) is 0.556. The SMILES string of the molecule is Cc1cc(C)cc(Nc2cc(C3CC3)nc(NCC(=O)O)n2)c1. The summed E-state index contributed by atoms with van der Waals surface area (Å²) >= 11 is 0. The van der Waals surface area contributed by atoms with Crippen molar-refractivity contribution >= 4 is 23.4 Å². The van der Waals surface area contributed by atoms with Crippen LogP contribution >= 0.6 is 0 Å². The molecule has 0 unspecified atom stereocenters. The maximum atomic E-state index is 10.7. The summed E-state index contributed by atoms with van der Waals surface area (Å²) in [4.78, 5) is 19.5. The highest BCUT2D eigenvalue weighted by molar-refractivity contribution is 5.72. The Hall–Kier alpha value is -2.63. The number of nitrogens with one attached hydrogen (secondary N) is 2. The van der Waals surface area contributed by atoms with Crippen molar-refractivity contribution in [1.82, 2.24) is 9.97 Å². The van der Waals surface area contributed by atoms with E-state index in [2.05, 4.69) is 38.8 Å². The zero-order chi connectivity index (χ0) is 16.4. The van der Waals surface area contributed by atoms with Crippen LogP contribution in [0.1, 0.15) is 35.6 Å². The Kier molecular flexibility index (Phi) is 4.14. The van der Waals surface area contributed by atoms with Crippen molar-refractivity contribution in [3.8, 4) is 0 Å². The van der Waals surface area contributed by atoms with Gasteiger partial charge in [0.2, 0.25) is 5.95 Å². The smallest absolute Gasteiger partial charge is 0.322 e. The minimum absolute atomic E-state index is 0.197. The van der Waals surface area contributed by atoms with E-state index in [1.807, 2.05) is 19.9 Å². The van der Waals surface area contributed by atoms with E-state index < -0.39 is 5.97 Å². The van der Waals surface area contributed by atoms with Gasteiger partial charge in [0.15, 0.2) is 0 Å². The molecular formula is C17H20N4O2. The molecule has 1 aromatic heterocycles. The molecule has 0 aliphatic heterocycles. The average molecular weight is 312 g/mol. The molecule has 1 aliphatic rings. The molecule has 1 aromatic carbocycles. The number of carboxylic acid groups (broad SMARTS) is 1. The predicted octanol–water partition coefficient (Wildman–Crippen LogP) is 3.21. The van der Waals surface area contributed by atoms with E-state index in [4.69, 9.17) is 5.11 Å². The molecule has 0 radical (unpaired) electrons. The molecule has 1 fully saturated rings. The number of hydrogen-bond acceptors (Lipinski definition) is 5. The second-order valence-electron chi connectivity index (χ2n) is 6.02. The molecule has 3 rings (SSSR count). The third-order valence-corrected chi connectivity index (χ3v) is 3.63. The van der Waals surface area contributed by atoms with Crippen molar-refractivity contribution in [3.63, 3.8) is 0 Å². The molecule has 6 heteroatoms. The second-order valence-corrected chi connectivity index (χ2v) is 6.02. The van der Waals surface area contributed by atoms with Crippen molar-refractivity contribution in [1.29, 1.82) is 0 Å². The first kappa shape index (κ1) is 15.3. The third kappa shape index (κ3) is 4.18. The summed E-state index contributed by atoms with van der Waals surface area (Å²) < 4.78 is 0. The van der Waals surface area contributed by atoms with Crippen molar-refractivity contribution in [2.75, 3.05) is 17.2 Å². The minimum Gasteiger partial charge on any atom is -0.480 e. The summed E-state index contributed by atoms with van der Waals surface area (Å²) in [5, 5.41) is 14.8. The quantitative estimate of drug-likeness (QED) is 0.759. The summed E-state index contributed by atoms with van der Waals surface area (Å²) in [7, 11) is 0. The zero-order valence-electron chi connectivity index (χ0n) is 13.3. The van der Waals surface area contributed by atoms with Gasteiger partial charge in [0.05, 0.1) is 5.69 Å². The summed E-state index contributed by atoms with van der Waals surface area (Å²) in [6.45, 7) is 3.90. The van der Waals surface area contributed by atoms with Crippen molar-refractivity contribution < 1.29 is 9.90 Å². The number of carbonyl (C=O) groups is 1. The van der Waals surface area contributed by atoms with Gasteiger partial charge >= 0.3 is 5.97 Å². The molecule has 1 saturated carbocycles. The first-order valence-corrected chi connectivity index (χ1v) is 7.69. The molecule has 3 N–H and O–H groups in total. The highest BCUT2D eigenvalue weighted by Gasteiger charge is 2.26. The summed E-state index contributed by atoms with van der Waals surface area (Å²) in [6, 6.07) is 8.16. The second kappa shape index (κ2) is 6.24. The lowest BCUT2D eigenvalue weighted by Gasteiger charge is -2.11. The number of carboxylic acids is 1. The van der Waals surface area contributed by atoms with Crippen LogP contribution in [0.15, 0.2) is 24.3 Å². The lowest BCUT2D eigenvalue weighted by molar-refractivity contribution is -0.134. The van der Waals surface area contributed by atoms with Gasteiger partial charge in [-0.25, -0.2) is 4.98 Å². The van der Waals surface area contributed by atoms with E-state index in [0.717, 1.165) is 24.2 Å². The zero-order valence-corrected chi connectivity index (χ0v) is 13.3. The predicted molar refractivity (Wildman–Crippen MR) is 89.3 cm³/mol. The van der Waals surface area contributed by atoms with Gasteiger partial charge in [-0.2, -0.15) is 4.98 Å². The van der Waals surface area contributed by atoms with Crippen LogP contribution in [-0.2, 0) is 4.79 Å². The maximum absolute atomic E-state index is 10.7. The first-order chi connectivity index (χ1) is 11.0. The molecular weight excluding hydrogens is 292 g/mol. The highest BCUT2D eigenvalue weighted by Crippen LogP contribution is 2.40. The standard InChI is InChI=1S/C17H20N4O2/c1-10-5-11(2)7-13(6-10)19-15-8-14(12-3-4-12)20-17(21-15)18-9-16(22)23/h5-8,12H,3-4,9H2,1-2H3,(H,22,23)(H2,18,19,20,21). The Morgan fingerprint density at radius 3 is 2.48 bits per heavy atom. The van der Waals surface area contributed by atoms with E-state index in [1.54, 1.807) is 0 Å². The van der Waals surface area contributed by atoms with E-state index in [0.29, 0.717) is 17.7 Å². The fourth-order valence-corrected chi connectivity index (χ4v) is 2.55. The number of aromatic nitrogens is 2. The number of nitrogens with zero attached hydrogens (tertiary/aromatic N) is 2. The number of rotatable bonds is 6. The molecule has 0 amide bonds. The van der Waals surface area contributed by atoms with Crippen LogP contribution in [0.25, 0.3) is 0 Å². The molecule has 0 atom stereocenters. The number of aliphatic carboxylic acids is 1. The molecule has 1 heterocycles. The molecule has 2 aromatic rings. The van der Waals surface area contributed by atoms with E-state index in [9.17, 15) is 4.79 Å². The Bertz CT molecular complexity index is 721. The van der Waals surface area contributed by atoms with Gasteiger partial charge in [-0.1, -0.05) is 6.07 Å². The number of hydrogen-bond donors (Lipinski definition) is 3. The van der Waals surface area contributed by atoms with Gasteiger partial charge in [0.1, 0.15) is 12.4 Å². The molecule has 0 saturated heterocycles. The molecule has 1 aliphatic carbocycles. The van der Waals surface area contributed by atoms with E-state index in [1.165, 1.54) is 11.1 Å². The van der Waals surface area contributed by atoms with E-state index >= 15 is 0 Å². The largest absolute Gasteiger partial charge is 0.480 e. The maximum Gasteiger partial charge on any atom is 0.322 e. The van der Waals surface area contributed by atoms with Gasteiger partial charge < -0.3 is 15.7 Å². The fourth-order valence-electron chi connectivity index (χ4n) is 2.55. The lowest BCUT2D eigenvalue weighted by atomic mass is 10.1. The molecule has 0 bridgehead atoms. The topological polar surface area (TPSA) is 87.1 Å². The van der Waals surface area contributed by atoms with Crippen molar-refractivity contribution in [2.45, 2.75) is 32.6 Å². The normalized spacial score (nSPS) is 13.7. The molecule has 6 nitrogen and oxygen atoms in total. The number of anilines is 3. The van der Waals surface area contributed by atoms with Gasteiger partial charge in [-0.05, 0) is 49.9 Å². The van der Waals surface area contributed by atoms with Crippen LogP contribution in [0.3, 0.4) is 0 Å².